The third kappa shape index (κ3) is 1.97. The molecule has 6 nitrogen and oxygen atoms in total. The first-order valence-electron chi connectivity index (χ1n) is 5.99. The number of nitrogens with two attached hydrogens (primary N) is 1. The number of anilines is 2. The number of hydrogen-bond donors (Lipinski definition) is 3. The molecule has 1 fully saturated rings. The molecule has 0 atom stereocenters. The second kappa shape index (κ2) is 4.21. The van der Waals surface area contributed by atoms with Crippen molar-refractivity contribution < 1.29 is 4.79 Å². The van der Waals surface area contributed by atoms with Gasteiger partial charge in [-0.15, -0.1) is 0 Å². The van der Waals surface area contributed by atoms with Crippen LogP contribution in [0.5, 0.6) is 0 Å². The predicted molar refractivity (Wildman–Crippen MR) is 70.3 cm³/mol. The Labute approximate surface area is 104 Å². The molecule has 1 aliphatic heterocycles. The smallest absolute Gasteiger partial charge is 0.239 e. The number of rotatable bonds is 1. The normalized spacial score (nSPS) is 16.7. The number of aromatic amines is 1. The molecule has 1 aromatic carbocycles. The van der Waals surface area contributed by atoms with Gasteiger partial charge in [-0.25, -0.2) is 4.98 Å². The van der Waals surface area contributed by atoms with E-state index in [0.29, 0.717) is 12.2 Å². The molecule has 2 heterocycles. The van der Waals surface area contributed by atoms with Gasteiger partial charge in [0.2, 0.25) is 11.9 Å². The van der Waals surface area contributed by atoms with E-state index in [0.717, 1.165) is 36.5 Å². The molecule has 4 N–H and O–H groups in total. The van der Waals surface area contributed by atoms with Crippen molar-refractivity contribution in [3.8, 4) is 0 Å². The number of aromatic nitrogens is 2. The number of amides is 1. The second-order valence-corrected chi connectivity index (χ2v) is 4.46. The Bertz CT molecular complexity index is 591. The van der Waals surface area contributed by atoms with Gasteiger partial charge in [0.05, 0.1) is 17.6 Å². The molecule has 1 saturated heterocycles. The van der Waals surface area contributed by atoms with Gasteiger partial charge in [0, 0.05) is 18.8 Å². The van der Waals surface area contributed by atoms with Gasteiger partial charge in [-0.2, -0.15) is 0 Å². The third-order valence-corrected chi connectivity index (χ3v) is 3.05. The van der Waals surface area contributed by atoms with E-state index in [2.05, 4.69) is 15.3 Å². The molecule has 0 radical (unpaired) electrons. The van der Waals surface area contributed by atoms with E-state index < -0.39 is 0 Å². The Morgan fingerprint density at radius 2 is 2.28 bits per heavy atom. The SMILES string of the molecule is Nc1ccc2nc(N3CCCNC(=O)C3)[nH]c2c1. The highest BCUT2D eigenvalue weighted by atomic mass is 16.2. The van der Waals surface area contributed by atoms with Gasteiger partial charge in [0.15, 0.2) is 0 Å². The van der Waals surface area contributed by atoms with E-state index in [9.17, 15) is 4.79 Å². The summed E-state index contributed by atoms with van der Waals surface area (Å²) in [5.41, 5.74) is 8.20. The molecule has 1 aliphatic rings. The molecule has 1 aromatic heterocycles. The minimum absolute atomic E-state index is 0.0347. The lowest BCUT2D eigenvalue weighted by Gasteiger charge is -2.17. The zero-order chi connectivity index (χ0) is 12.5. The first kappa shape index (κ1) is 10.9. The van der Waals surface area contributed by atoms with E-state index in [4.69, 9.17) is 5.73 Å². The highest BCUT2D eigenvalue weighted by Crippen LogP contribution is 2.20. The van der Waals surface area contributed by atoms with Crippen molar-refractivity contribution in [2.75, 3.05) is 30.3 Å². The summed E-state index contributed by atoms with van der Waals surface area (Å²) in [4.78, 5) is 21.2. The maximum atomic E-state index is 11.5. The van der Waals surface area contributed by atoms with E-state index in [1.807, 2.05) is 23.1 Å². The summed E-state index contributed by atoms with van der Waals surface area (Å²) in [6, 6.07) is 5.55. The predicted octanol–water partition coefficient (Wildman–Crippen LogP) is 0.471. The van der Waals surface area contributed by atoms with Gasteiger partial charge < -0.3 is 20.9 Å². The molecule has 0 aliphatic carbocycles. The molecule has 0 saturated carbocycles. The monoisotopic (exact) mass is 245 g/mol. The number of nitrogens with one attached hydrogen (secondary N) is 2. The minimum Gasteiger partial charge on any atom is -0.399 e. The van der Waals surface area contributed by atoms with Gasteiger partial charge in [-0.05, 0) is 24.6 Å². The van der Waals surface area contributed by atoms with Gasteiger partial charge >= 0.3 is 0 Å². The van der Waals surface area contributed by atoms with Crippen molar-refractivity contribution in [3.05, 3.63) is 18.2 Å². The van der Waals surface area contributed by atoms with Crippen molar-refractivity contribution >= 4 is 28.6 Å². The fourth-order valence-electron chi connectivity index (χ4n) is 2.15. The van der Waals surface area contributed by atoms with E-state index in [1.54, 1.807) is 0 Å². The van der Waals surface area contributed by atoms with E-state index >= 15 is 0 Å². The zero-order valence-corrected chi connectivity index (χ0v) is 9.94. The first-order valence-corrected chi connectivity index (χ1v) is 5.99. The number of nitrogens with zero attached hydrogens (tertiary/aromatic N) is 2. The van der Waals surface area contributed by atoms with Crippen LogP contribution in [0.25, 0.3) is 11.0 Å². The van der Waals surface area contributed by atoms with Gasteiger partial charge in [-0.3, -0.25) is 4.79 Å². The summed E-state index contributed by atoms with van der Waals surface area (Å²) in [5, 5.41) is 2.84. The van der Waals surface area contributed by atoms with Crippen LogP contribution in [0.4, 0.5) is 11.6 Å². The highest BCUT2D eigenvalue weighted by molar-refractivity contribution is 5.84. The lowest BCUT2D eigenvalue weighted by Crippen LogP contribution is -2.33. The van der Waals surface area contributed by atoms with Crippen LogP contribution >= 0.6 is 0 Å². The average Bonchev–Trinajstić information content (AvgIpc) is 2.63. The Morgan fingerprint density at radius 1 is 1.39 bits per heavy atom. The number of benzene rings is 1. The number of hydrogen-bond acceptors (Lipinski definition) is 4. The topological polar surface area (TPSA) is 87.0 Å². The number of carbonyl (C=O) groups is 1. The lowest BCUT2D eigenvalue weighted by molar-refractivity contribution is -0.119. The van der Waals surface area contributed by atoms with Crippen LogP contribution in [0.2, 0.25) is 0 Å². The van der Waals surface area contributed by atoms with Crippen LogP contribution in [0.15, 0.2) is 18.2 Å². The van der Waals surface area contributed by atoms with Crippen LogP contribution < -0.4 is 16.0 Å². The largest absolute Gasteiger partial charge is 0.399 e. The van der Waals surface area contributed by atoms with Gasteiger partial charge in [0.25, 0.3) is 0 Å². The lowest BCUT2D eigenvalue weighted by atomic mass is 10.3. The molecule has 1 amide bonds. The molecule has 6 heteroatoms. The van der Waals surface area contributed by atoms with Crippen molar-refractivity contribution in [2.24, 2.45) is 0 Å². The van der Waals surface area contributed by atoms with Crippen molar-refractivity contribution in [1.29, 1.82) is 0 Å². The molecule has 94 valence electrons. The van der Waals surface area contributed by atoms with Crippen LogP contribution in [0, 0.1) is 0 Å². The average molecular weight is 245 g/mol. The zero-order valence-electron chi connectivity index (χ0n) is 9.94. The first-order chi connectivity index (χ1) is 8.72. The van der Waals surface area contributed by atoms with Crippen molar-refractivity contribution in [3.63, 3.8) is 0 Å². The number of fused-ring (bicyclic) bond motifs is 1. The summed E-state index contributed by atoms with van der Waals surface area (Å²) in [6.07, 6.45) is 0.922. The number of nitrogen functional groups attached to an aromatic ring is 1. The summed E-state index contributed by atoms with van der Waals surface area (Å²) in [5.74, 6) is 0.764. The van der Waals surface area contributed by atoms with Gasteiger partial charge in [0.1, 0.15) is 0 Å². The minimum atomic E-state index is 0.0347. The van der Waals surface area contributed by atoms with Gasteiger partial charge in [-0.1, -0.05) is 0 Å². The third-order valence-electron chi connectivity index (χ3n) is 3.05. The van der Waals surface area contributed by atoms with Crippen LogP contribution in [-0.4, -0.2) is 35.5 Å². The molecule has 3 rings (SSSR count). The molecule has 18 heavy (non-hydrogen) atoms. The summed E-state index contributed by atoms with van der Waals surface area (Å²) in [7, 11) is 0. The molecule has 0 unspecified atom stereocenters. The van der Waals surface area contributed by atoms with Crippen LogP contribution in [0.3, 0.4) is 0 Å². The molecule has 0 bridgehead atoms. The highest BCUT2D eigenvalue weighted by Gasteiger charge is 2.17. The fourth-order valence-corrected chi connectivity index (χ4v) is 2.15. The molecular weight excluding hydrogens is 230 g/mol. The second-order valence-electron chi connectivity index (χ2n) is 4.46. The summed E-state index contributed by atoms with van der Waals surface area (Å²) < 4.78 is 0. The van der Waals surface area contributed by atoms with E-state index in [-0.39, 0.29) is 5.91 Å². The molecular formula is C12H15N5O. The maximum absolute atomic E-state index is 11.5. The maximum Gasteiger partial charge on any atom is 0.239 e. The summed E-state index contributed by atoms with van der Waals surface area (Å²) >= 11 is 0. The Balaban J connectivity index is 1.95. The number of imidazole rings is 1. The van der Waals surface area contributed by atoms with Crippen molar-refractivity contribution in [1.82, 2.24) is 15.3 Å². The standard InChI is InChI=1S/C12H15N5O/c13-8-2-3-9-10(6-8)16-12(15-9)17-5-1-4-14-11(18)7-17/h2-3,6H,1,4-5,7,13H2,(H,14,18)(H,15,16). The quantitative estimate of drug-likeness (QED) is 0.637. The molecule has 2 aromatic rings. The van der Waals surface area contributed by atoms with Crippen LogP contribution in [-0.2, 0) is 4.79 Å². The van der Waals surface area contributed by atoms with E-state index in [1.165, 1.54) is 0 Å². The Kier molecular flexibility index (Phi) is 2.55. The summed E-state index contributed by atoms with van der Waals surface area (Å²) in [6.45, 7) is 1.88. The fraction of sp³-hybridized carbons (Fsp3) is 0.333. The number of H-pyrrole nitrogens is 1. The Morgan fingerprint density at radius 3 is 3.17 bits per heavy atom. The van der Waals surface area contributed by atoms with Crippen molar-refractivity contribution in [2.45, 2.75) is 6.42 Å². The molecule has 0 spiro atoms. The number of carbonyl (C=O) groups excluding carboxylic acids is 1. The Hall–Kier alpha value is -2.24. The van der Waals surface area contributed by atoms with Crippen LogP contribution in [0.1, 0.15) is 6.42 Å².